The van der Waals surface area contributed by atoms with E-state index in [2.05, 4.69) is 0 Å². The molecule has 0 heterocycles. The number of hydrogen-bond donors (Lipinski definition) is 2. The molecule has 0 bridgehead atoms. The van der Waals surface area contributed by atoms with Gasteiger partial charge in [0.1, 0.15) is 12.4 Å². The Morgan fingerprint density at radius 2 is 1.95 bits per heavy atom. The monoisotopic (exact) mass is 268 g/mol. The zero-order chi connectivity index (χ0) is 14.8. The van der Waals surface area contributed by atoms with Crippen LogP contribution in [0.1, 0.15) is 31.1 Å². The van der Waals surface area contributed by atoms with E-state index in [0.717, 1.165) is 6.07 Å². The van der Waals surface area contributed by atoms with Gasteiger partial charge >= 0.3 is 5.97 Å². The summed E-state index contributed by atoms with van der Waals surface area (Å²) in [6.07, 6.45) is 0. The first-order valence-corrected chi connectivity index (χ1v) is 5.71. The summed E-state index contributed by atoms with van der Waals surface area (Å²) in [7, 11) is 0. The number of hydrogen-bond acceptors (Lipinski definition) is 3. The Balaban J connectivity index is 3.37. The van der Waals surface area contributed by atoms with E-state index in [1.807, 2.05) is 0 Å². The number of primary amides is 1. The van der Waals surface area contributed by atoms with E-state index in [1.165, 1.54) is 17.0 Å². The lowest BCUT2D eigenvalue weighted by atomic mass is 10.0. The van der Waals surface area contributed by atoms with Crippen molar-refractivity contribution in [2.45, 2.75) is 26.3 Å². The molecular formula is C13H17FN2O3. The first kappa shape index (κ1) is 14.9. The van der Waals surface area contributed by atoms with Gasteiger partial charge in [0, 0.05) is 5.54 Å². The second-order valence-corrected chi connectivity index (χ2v) is 5.18. The quantitative estimate of drug-likeness (QED) is 0.869. The van der Waals surface area contributed by atoms with Crippen LogP contribution in [0.2, 0.25) is 0 Å². The number of rotatable bonds is 4. The molecule has 1 aromatic carbocycles. The molecule has 1 aromatic rings. The van der Waals surface area contributed by atoms with Gasteiger partial charge in [0.15, 0.2) is 0 Å². The van der Waals surface area contributed by atoms with Crippen LogP contribution in [0.25, 0.3) is 0 Å². The standard InChI is InChI=1S/C13H17FN2O3/c1-13(2,3)16(7-11(17)18)10-5-4-8(14)6-9(10)12(15)19/h4-6H,7H2,1-3H3,(H2,15,19)(H,17,18). The zero-order valence-corrected chi connectivity index (χ0v) is 11.1. The normalized spacial score (nSPS) is 11.2. The van der Waals surface area contributed by atoms with Crippen molar-refractivity contribution in [1.29, 1.82) is 0 Å². The SMILES string of the molecule is CC(C)(C)N(CC(=O)O)c1ccc(F)cc1C(N)=O. The number of nitrogens with two attached hydrogens (primary N) is 1. The molecule has 0 aliphatic heterocycles. The van der Waals surface area contributed by atoms with E-state index in [-0.39, 0.29) is 12.1 Å². The van der Waals surface area contributed by atoms with Gasteiger partial charge in [-0.2, -0.15) is 0 Å². The Morgan fingerprint density at radius 3 is 2.37 bits per heavy atom. The summed E-state index contributed by atoms with van der Waals surface area (Å²) in [5.74, 6) is -2.44. The molecule has 19 heavy (non-hydrogen) atoms. The maximum absolute atomic E-state index is 13.2. The topological polar surface area (TPSA) is 83.6 Å². The first-order valence-electron chi connectivity index (χ1n) is 5.71. The van der Waals surface area contributed by atoms with Crippen molar-refractivity contribution >= 4 is 17.6 Å². The van der Waals surface area contributed by atoms with Crippen LogP contribution in [0.15, 0.2) is 18.2 Å². The van der Waals surface area contributed by atoms with E-state index in [0.29, 0.717) is 5.69 Å². The number of carboxylic acid groups (broad SMARTS) is 1. The lowest BCUT2D eigenvalue weighted by Crippen LogP contribution is -2.45. The molecule has 0 unspecified atom stereocenters. The van der Waals surface area contributed by atoms with E-state index < -0.39 is 23.2 Å². The molecule has 0 saturated carbocycles. The zero-order valence-electron chi connectivity index (χ0n) is 11.1. The Bertz CT molecular complexity index is 509. The number of nitrogens with zero attached hydrogens (tertiary/aromatic N) is 1. The Morgan fingerprint density at radius 1 is 1.37 bits per heavy atom. The summed E-state index contributed by atoms with van der Waals surface area (Å²) in [5, 5.41) is 8.96. The highest BCUT2D eigenvalue weighted by Gasteiger charge is 2.27. The van der Waals surface area contributed by atoms with Gasteiger partial charge in [-0.15, -0.1) is 0 Å². The molecule has 0 saturated heterocycles. The third kappa shape index (κ3) is 3.67. The minimum absolute atomic E-state index is 0.0313. The number of carbonyl (C=O) groups excluding carboxylic acids is 1. The molecule has 104 valence electrons. The molecule has 5 nitrogen and oxygen atoms in total. The average molecular weight is 268 g/mol. The van der Waals surface area contributed by atoms with E-state index in [9.17, 15) is 14.0 Å². The molecule has 0 atom stereocenters. The summed E-state index contributed by atoms with van der Waals surface area (Å²) in [5.41, 5.74) is 4.94. The summed E-state index contributed by atoms with van der Waals surface area (Å²) < 4.78 is 13.2. The van der Waals surface area contributed by atoms with E-state index in [4.69, 9.17) is 10.8 Å². The lowest BCUT2D eigenvalue weighted by molar-refractivity contribution is -0.135. The number of amides is 1. The minimum Gasteiger partial charge on any atom is -0.480 e. The Labute approximate surface area is 110 Å². The van der Waals surface area contributed by atoms with Crippen molar-refractivity contribution in [3.05, 3.63) is 29.6 Å². The summed E-state index contributed by atoms with van der Waals surface area (Å²) in [6.45, 7) is 5.08. The second kappa shape index (κ2) is 5.26. The molecule has 0 aliphatic carbocycles. The number of halogens is 1. The number of aliphatic carboxylic acids is 1. The number of carbonyl (C=O) groups is 2. The van der Waals surface area contributed by atoms with Crippen LogP contribution in [-0.2, 0) is 4.79 Å². The van der Waals surface area contributed by atoms with Gasteiger partial charge in [0.25, 0.3) is 5.91 Å². The number of anilines is 1. The fraction of sp³-hybridized carbons (Fsp3) is 0.385. The molecule has 0 aromatic heterocycles. The Kier molecular flexibility index (Phi) is 4.14. The van der Waals surface area contributed by atoms with Crippen molar-refractivity contribution in [2.75, 3.05) is 11.4 Å². The molecule has 1 amide bonds. The van der Waals surface area contributed by atoms with Crippen LogP contribution in [0.5, 0.6) is 0 Å². The molecule has 0 fully saturated rings. The molecular weight excluding hydrogens is 251 g/mol. The second-order valence-electron chi connectivity index (χ2n) is 5.18. The fourth-order valence-electron chi connectivity index (χ4n) is 1.76. The fourth-order valence-corrected chi connectivity index (χ4v) is 1.76. The first-order chi connectivity index (χ1) is 8.62. The van der Waals surface area contributed by atoms with Crippen LogP contribution >= 0.6 is 0 Å². The summed E-state index contributed by atoms with van der Waals surface area (Å²) in [6, 6.07) is 3.55. The molecule has 0 aliphatic rings. The highest BCUT2D eigenvalue weighted by molar-refractivity contribution is 5.99. The number of carboxylic acids is 1. The molecule has 3 N–H and O–H groups in total. The number of benzene rings is 1. The summed E-state index contributed by atoms with van der Waals surface area (Å²) in [4.78, 5) is 23.8. The molecule has 0 spiro atoms. The van der Waals surface area contributed by atoms with Crippen molar-refractivity contribution in [1.82, 2.24) is 0 Å². The van der Waals surface area contributed by atoms with Crippen LogP contribution in [0.3, 0.4) is 0 Å². The third-order valence-electron chi connectivity index (χ3n) is 2.62. The van der Waals surface area contributed by atoms with Crippen LogP contribution in [0.4, 0.5) is 10.1 Å². The van der Waals surface area contributed by atoms with Crippen LogP contribution in [-0.4, -0.2) is 29.1 Å². The van der Waals surface area contributed by atoms with Crippen molar-refractivity contribution in [3.8, 4) is 0 Å². The summed E-state index contributed by atoms with van der Waals surface area (Å²) >= 11 is 0. The van der Waals surface area contributed by atoms with Gasteiger partial charge < -0.3 is 15.7 Å². The van der Waals surface area contributed by atoms with Gasteiger partial charge in [0.2, 0.25) is 0 Å². The average Bonchev–Trinajstić information content (AvgIpc) is 2.24. The van der Waals surface area contributed by atoms with Crippen molar-refractivity contribution < 1.29 is 19.1 Å². The highest BCUT2D eigenvalue weighted by atomic mass is 19.1. The predicted molar refractivity (Wildman–Crippen MR) is 69.7 cm³/mol. The third-order valence-corrected chi connectivity index (χ3v) is 2.62. The van der Waals surface area contributed by atoms with Crippen LogP contribution in [0, 0.1) is 5.82 Å². The smallest absolute Gasteiger partial charge is 0.323 e. The van der Waals surface area contributed by atoms with Gasteiger partial charge in [-0.05, 0) is 39.0 Å². The maximum Gasteiger partial charge on any atom is 0.323 e. The largest absolute Gasteiger partial charge is 0.480 e. The van der Waals surface area contributed by atoms with E-state index >= 15 is 0 Å². The van der Waals surface area contributed by atoms with Gasteiger partial charge in [-0.25, -0.2) is 4.39 Å². The maximum atomic E-state index is 13.2. The van der Waals surface area contributed by atoms with Gasteiger partial charge in [0.05, 0.1) is 11.3 Å². The van der Waals surface area contributed by atoms with E-state index in [1.54, 1.807) is 20.8 Å². The predicted octanol–water partition coefficient (Wildman–Crippen LogP) is 1.61. The molecule has 1 rings (SSSR count). The van der Waals surface area contributed by atoms with Gasteiger partial charge in [-0.3, -0.25) is 9.59 Å². The van der Waals surface area contributed by atoms with Crippen LogP contribution < -0.4 is 10.6 Å². The Hall–Kier alpha value is -2.11. The molecule has 6 heteroatoms. The van der Waals surface area contributed by atoms with Crippen molar-refractivity contribution in [2.24, 2.45) is 5.73 Å². The molecule has 0 radical (unpaired) electrons. The highest BCUT2D eigenvalue weighted by Crippen LogP contribution is 2.27. The van der Waals surface area contributed by atoms with Gasteiger partial charge in [-0.1, -0.05) is 0 Å². The van der Waals surface area contributed by atoms with Crippen molar-refractivity contribution in [3.63, 3.8) is 0 Å². The minimum atomic E-state index is -1.05. The lowest BCUT2D eigenvalue weighted by Gasteiger charge is -2.37.